The van der Waals surface area contributed by atoms with Gasteiger partial charge in [-0.3, -0.25) is 4.79 Å². The first-order valence-electron chi connectivity index (χ1n) is 3.96. The number of hydrogen-bond donors (Lipinski definition) is 0. The molecule has 0 saturated carbocycles. The zero-order valence-electron chi connectivity index (χ0n) is 7.41. The zero-order valence-corrected chi connectivity index (χ0v) is 7.41. The third-order valence-electron chi connectivity index (χ3n) is 2.04. The summed E-state index contributed by atoms with van der Waals surface area (Å²) in [6.07, 6.45) is 0.728. The molecule has 0 aromatic rings. The van der Waals surface area contributed by atoms with Crippen LogP contribution in [0.4, 0.5) is 0 Å². The summed E-state index contributed by atoms with van der Waals surface area (Å²) in [6.45, 7) is 1.02. The Morgan fingerprint density at radius 3 is 2.75 bits per heavy atom. The molecular weight excluding hydrogens is 160 g/mol. The van der Waals surface area contributed by atoms with E-state index in [0.717, 1.165) is 0 Å². The van der Waals surface area contributed by atoms with Crippen LogP contribution in [0, 0.1) is 5.92 Å². The predicted molar refractivity (Wildman–Crippen MR) is 41.7 cm³/mol. The van der Waals surface area contributed by atoms with Crippen molar-refractivity contribution in [3.05, 3.63) is 0 Å². The van der Waals surface area contributed by atoms with Crippen molar-refractivity contribution in [3.63, 3.8) is 0 Å². The number of rotatable bonds is 2. The van der Waals surface area contributed by atoms with Crippen LogP contribution in [0.2, 0.25) is 0 Å². The minimum atomic E-state index is -0.211. The standard InChI is InChI=1S/C8H14O4/c1-10-7-3-6(4-12-5-7)8(9)11-2/h6-7H,3-5H2,1-2H3. The summed E-state index contributed by atoms with van der Waals surface area (Å²) < 4.78 is 14.9. The van der Waals surface area contributed by atoms with Gasteiger partial charge < -0.3 is 14.2 Å². The average molecular weight is 174 g/mol. The Morgan fingerprint density at radius 2 is 2.17 bits per heavy atom. The van der Waals surface area contributed by atoms with Crippen molar-refractivity contribution >= 4 is 5.97 Å². The van der Waals surface area contributed by atoms with Crippen molar-refractivity contribution in [2.75, 3.05) is 27.4 Å². The van der Waals surface area contributed by atoms with E-state index in [0.29, 0.717) is 19.6 Å². The lowest BCUT2D eigenvalue weighted by molar-refractivity contribution is -0.154. The highest BCUT2D eigenvalue weighted by Gasteiger charge is 2.28. The Balaban J connectivity index is 2.40. The molecule has 0 aliphatic carbocycles. The van der Waals surface area contributed by atoms with Crippen LogP contribution in [0.15, 0.2) is 0 Å². The van der Waals surface area contributed by atoms with E-state index in [4.69, 9.17) is 9.47 Å². The van der Waals surface area contributed by atoms with Gasteiger partial charge in [-0.15, -0.1) is 0 Å². The monoisotopic (exact) mass is 174 g/mol. The second-order valence-electron chi connectivity index (χ2n) is 2.85. The minimum absolute atomic E-state index is 0.0304. The van der Waals surface area contributed by atoms with E-state index in [9.17, 15) is 4.79 Å². The fourth-order valence-electron chi connectivity index (χ4n) is 1.29. The fourth-order valence-corrected chi connectivity index (χ4v) is 1.29. The van der Waals surface area contributed by atoms with Gasteiger partial charge in [0.15, 0.2) is 0 Å². The second-order valence-corrected chi connectivity index (χ2v) is 2.85. The van der Waals surface area contributed by atoms with E-state index in [2.05, 4.69) is 4.74 Å². The number of carbonyl (C=O) groups excluding carboxylic acids is 1. The Labute approximate surface area is 71.8 Å². The van der Waals surface area contributed by atoms with Gasteiger partial charge in [-0.05, 0) is 6.42 Å². The molecule has 1 saturated heterocycles. The third-order valence-corrected chi connectivity index (χ3v) is 2.04. The van der Waals surface area contributed by atoms with Gasteiger partial charge in [0, 0.05) is 7.11 Å². The highest BCUT2D eigenvalue weighted by atomic mass is 16.5. The molecule has 0 radical (unpaired) electrons. The van der Waals surface area contributed by atoms with Crippen LogP contribution in [-0.4, -0.2) is 39.5 Å². The normalized spacial score (nSPS) is 29.8. The summed E-state index contributed by atoms with van der Waals surface area (Å²) in [6, 6.07) is 0. The number of hydrogen-bond acceptors (Lipinski definition) is 4. The van der Waals surface area contributed by atoms with E-state index in [1.807, 2.05) is 0 Å². The van der Waals surface area contributed by atoms with Crippen LogP contribution >= 0.6 is 0 Å². The lowest BCUT2D eigenvalue weighted by Gasteiger charge is -2.26. The van der Waals surface area contributed by atoms with Crippen molar-refractivity contribution in [2.45, 2.75) is 12.5 Å². The molecule has 1 rings (SSSR count). The van der Waals surface area contributed by atoms with Crippen LogP contribution in [-0.2, 0) is 19.0 Å². The van der Waals surface area contributed by atoms with Gasteiger partial charge >= 0.3 is 5.97 Å². The molecule has 0 aromatic heterocycles. The number of esters is 1. The Kier molecular flexibility index (Phi) is 3.49. The van der Waals surface area contributed by atoms with Gasteiger partial charge in [0.25, 0.3) is 0 Å². The quantitative estimate of drug-likeness (QED) is 0.561. The first-order valence-corrected chi connectivity index (χ1v) is 3.96. The van der Waals surface area contributed by atoms with Crippen LogP contribution in [0.25, 0.3) is 0 Å². The molecule has 4 nitrogen and oxygen atoms in total. The lowest BCUT2D eigenvalue weighted by atomic mass is 10.0. The van der Waals surface area contributed by atoms with Gasteiger partial charge in [-0.1, -0.05) is 0 Å². The van der Waals surface area contributed by atoms with E-state index in [1.165, 1.54) is 7.11 Å². The summed E-state index contributed by atoms with van der Waals surface area (Å²) in [5, 5.41) is 0. The molecule has 1 fully saturated rings. The van der Waals surface area contributed by atoms with Gasteiger partial charge in [0.1, 0.15) is 0 Å². The zero-order chi connectivity index (χ0) is 8.97. The Hall–Kier alpha value is -0.610. The molecule has 4 heteroatoms. The summed E-state index contributed by atoms with van der Waals surface area (Å²) in [4.78, 5) is 11.1. The van der Waals surface area contributed by atoms with Crippen molar-refractivity contribution in [1.82, 2.24) is 0 Å². The lowest BCUT2D eigenvalue weighted by Crippen LogP contribution is -2.35. The first kappa shape index (κ1) is 9.48. The molecule has 2 unspecified atom stereocenters. The molecule has 1 heterocycles. The van der Waals surface area contributed by atoms with Crippen molar-refractivity contribution in [2.24, 2.45) is 5.92 Å². The summed E-state index contributed by atoms with van der Waals surface area (Å²) >= 11 is 0. The molecule has 0 amide bonds. The summed E-state index contributed by atoms with van der Waals surface area (Å²) in [5.74, 6) is -0.370. The maximum absolute atomic E-state index is 11.1. The van der Waals surface area contributed by atoms with Crippen LogP contribution < -0.4 is 0 Å². The minimum Gasteiger partial charge on any atom is -0.469 e. The highest BCUT2D eigenvalue weighted by Crippen LogP contribution is 2.17. The van der Waals surface area contributed by atoms with Crippen molar-refractivity contribution in [3.8, 4) is 0 Å². The molecule has 70 valence electrons. The number of methoxy groups -OCH3 is 2. The van der Waals surface area contributed by atoms with Gasteiger partial charge in [-0.2, -0.15) is 0 Å². The van der Waals surface area contributed by atoms with Gasteiger partial charge in [0.05, 0.1) is 32.3 Å². The molecule has 0 bridgehead atoms. The van der Waals surface area contributed by atoms with Crippen molar-refractivity contribution in [1.29, 1.82) is 0 Å². The van der Waals surface area contributed by atoms with E-state index in [1.54, 1.807) is 7.11 Å². The van der Waals surface area contributed by atoms with Gasteiger partial charge in [-0.25, -0.2) is 0 Å². The Morgan fingerprint density at radius 1 is 1.42 bits per heavy atom. The third kappa shape index (κ3) is 2.19. The molecule has 0 N–H and O–H groups in total. The molecule has 0 spiro atoms. The van der Waals surface area contributed by atoms with Crippen LogP contribution in [0.1, 0.15) is 6.42 Å². The first-order chi connectivity index (χ1) is 5.77. The fraction of sp³-hybridized carbons (Fsp3) is 0.875. The molecular formula is C8H14O4. The van der Waals surface area contributed by atoms with E-state index in [-0.39, 0.29) is 18.0 Å². The van der Waals surface area contributed by atoms with Crippen LogP contribution in [0.5, 0.6) is 0 Å². The predicted octanol–water partition coefficient (Wildman–Crippen LogP) is 0.211. The summed E-state index contributed by atoms with van der Waals surface area (Å²) in [5.41, 5.74) is 0. The smallest absolute Gasteiger partial charge is 0.311 e. The average Bonchev–Trinajstić information content (AvgIpc) is 2.17. The van der Waals surface area contributed by atoms with Crippen LogP contribution in [0.3, 0.4) is 0 Å². The largest absolute Gasteiger partial charge is 0.469 e. The maximum Gasteiger partial charge on any atom is 0.311 e. The molecule has 12 heavy (non-hydrogen) atoms. The SMILES string of the molecule is COC(=O)C1COCC(OC)C1. The molecule has 1 aliphatic heterocycles. The number of carbonyl (C=O) groups is 1. The molecule has 2 atom stereocenters. The van der Waals surface area contributed by atoms with E-state index >= 15 is 0 Å². The van der Waals surface area contributed by atoms with Gasteiger partial charge in [0.2, 0.25) is 0 Å². The van der Waals surface area contributed by atoms with E-state index < -0.39 is 0 Å². The second kappa shape index (κ2) is 4.42. The topological polar surface area (TPSA) is 44.8 Å². The molecule has 1 aliphatic rings. The maximum atomic E-state index is 11.1. The number of ether oxygens (including phenoxy) is 3. The Bertz CT molecular complexity index is 157. The highest BCUT2D eigenvalue weighted by molar-refractivity contribution is 5.72. The molecule has 0 aromatic carbocycles. The van der Waals surface area contributed by atoms with Crippen molar-refractivity contribution < 1.29 is 19.0 Å². The summed E-state index contributed by atoms with van der Waals surface area (Å²) in [7, 11) is 3.01.